The first-order valence-electron chi connectivity index (χ1n) is 7.09. The molecule has 0 saturated carbocycles. The lowest BCUT2D eigenvalue weighted by molar-refractivity contribution is -0.160. The predicted molar refractivity (Wildman–Crippen MR) is 77.5 cm³/mol. The van der Waals surface area contributed by atoms with Gasteiger partial charge in [-0.05, 0) is 33.6 Å². The van der Waals surface area contributed by atoms with E-state index >= 15 is 0 Å². The van der Waals surface area contributed by atoms with Crippen LogP contribution in [0.1, 0.15) is 39.3 Å². The molecule has 0 unspecified atom stereocenters. The van der Waals surface area contributed by atoms with Crippen LogP contribution in [-0.2, 0) is 9.53 Å². The second-order valence-electron chi connectivity index (χ2n) is 6.17. The molecule has 1 aliphatic heterocycles. The number of piperidine rings is 1. The van der Waals surface area contributed by atoms with Gasteiger partial charge in [-0.2, -0.15) is 5.26 Å². The van der Waals surface area contributed by atoms with E-state index in [9.17, 15) is 4.79 Å². The van der Waals surface area contributed by atoms with Crippen molar-refractivity contribution in [1.82, 2.24) is 9.97 Å². The predicted octanol–water partition coefficient (Wildman–Crippen LogP) is 1.91. The van der Waals surface area contributed by atoms with Gasteiger partial charge in [0.2, 0.25) is 0 Å². The van der Waals surface area contributed by atoms with E-state index in [-0.39, 0.29) is 11.9 Å². The Morgan fingerprint density at radius 1 is 1.38 bits per heavy atom. The second kappa shape index (κ2) is 6.08. The molecule has 6 heteroatoms. The van der Waals surface area contributed by atoms with Gasteiger partial charge >= 0.3 is 5.97 Å². The van der Waals surface area contributed by atoms with Crippen molar-refractivity contribution in [3.8, 4) is 6.07 Å². The molecule has 1 aromatic heterocycles. The molecule has 1 saturated heterocycles. The number of carbonyl (C=O) groups is 1. The van der Waals surface area contributed by atoms with E-state index in [0.29, 0.717) is 5.69 Å². The van der Waals surface area contributed by atoms with Crippen LogP contribution in [0.25, 0.3) is 0 Å². The van der Waals surface area contributed by atoms with Crippen LogP contribution in [0.5, 0.6) is 0 Å². The van der Waals surface area contributed by atoms with Crippen molar-refractivity contribution in [3.63, 3.8) is 0 Å². The molecule has 1 fully saturated rings. The highest BCUT2D eigenvalue weighted by Crippen LogP contribution is 2.24. The summed E-state index contributed by atoms with van der Waals surface area (Å²) in [4.78, 5) is 22.2. The molecular formula is C15H20N4O2. The summed E-state index contributed by atoms with van der Waals surface area (Å²) in [6, 6.07) is 3.68. The lowest BCUT2D eigenvalue weighted by Gasteiger charge is -2.33. The zero-order valence-corrected chi connectivity index (χ0v) is 12.7. The molecule has 2 rings (SSSR count). The summed E-state index contributed by atoms with van der Waals surface area (Å²) >= 11 is 0. The molecular weight excluding hydrogens is 268 g/mol. The molecule has 112 valence electrons. The van der Waals surface area contributed by atoms with Gasteiger partial charge in [0, 0.05) is 19.2 Å². The fraction of sp³-hybridized carbons (Fsp3) is 0.600. The van der Waals surface area contributed by atoms with Crippen molar-refractivity contribution in [3.05, 3.63) is 18.1 Å². The number of ether oxygens (including phenoxy) is 1. The smallest absolute Gasteiger partial charge is 0.309 e. The molecule has 0 aromatic carbocycles. The first-order valence-corrected chi connectivity index (χ1v) is 7.09. The number of esters is 1. The minimum absolute atomic E-state index is 0.0576. The quantitative estimate of drug-likeness (QED) is 0.773. The second-order valence-corrected chi connectivity index (χ2v) is 6.17. The lowest BCUT2D eigenvalue weighted by atomic mass is 9.96. The maximum atomic E-state index is 12.0. The molecule has 6 nitrogen and oxygen atoms in total. The first kappa shape index (κ1) is 15.2. The van der Waals surface area contributed by atoms with Crippen LogP contribution >= 0.6 is 0 Å². The third kappa shape index (κ3) is 4.15. The largest absolute Gasteiger partial charge is 0.460 e. The Kier molecular flexibility index (Phi) is 4.41. The number of nitriles is 1. The van der Waals surface area contributed by atoms with E-state index < -0.39 is 5.60 Å². The molecule has 2 heterocycles. The van der Waals surface area contributed by atoms with Gasteiger partial charge in [-0.1, -0.05) is 0 Å². The topological polar surface area (TPSA) is 79.1 Å². The minimum Gasteiger partial charge on any atom is -0.460 e. The number of aromatic nitrogens is 2. The number of rotatable bonds is 2. The Balaban J connectivity index is 1.94. The fourth-order valence-electron chi connectivity index (χ4n) is 2.31. The molecule has 0 radical (unpaired) electrons. The van der Waals surface area contributed by atoms with Crippen molar-refractivity contribution < 1.29 is 9.53 Å². The Morgan fingerprint density at radius 2 is 2.05 bits per heavy atom. The fourth-order valence-corrected chi connectivity index (χ4v) is 2.31. The molecule has 0 bridgehead atoms. The van der Waals surface area contributed by atoms with E-state index in [1.54, 1.807) is 6.07 Å². The summed E-state index contributed by atoms with van der Waals surface area (Å²) in [5.41, 5.74) is -0.0861. The van der Waals surface area contributed by atoms with E-state index in [1.807, 2.05) is 26.8 Å². The maximum Gasteiger partial charge on any atom is 0.309 e. The minimum atomic E-state index is -0.442. The Bertz CT molecular complexity index is 552. The van der Waals surface area contributed by atoms with E-state index in [2.05, 4.69) is 14.9 Å². The van der Waals surface area contributed by atoms with E-state index in [1.165, 1.54) is 6.33 Å². The number of anilines is 1. The highest BCUT2D eigenvalue weighted by atomic mass is 16.6. The average molecular weight is 288 g/mol. The van der Waals surface area contributed by atoms with Gasteiger partial charge in [-0.3, -0.25) is 4.79 Å². The molecule has 0 atom stereocenters. The van der Waals surface area contributed by atoms with Crippen LogP contribution < -0.4 is 4.90 Å². The molecule has 21 heavy (non-hydrogen) atoms. The van der Waals surface area contributed by atoms with Crippen LogP contribution in [0.2, 0.25) is 0 Å². The van der Waals surface area contributed by atoms with Crippen LogP contribution in [0.3, 0.4) is 0 Å². The number of carbonyl (C=O) groups excluding carboxylic acids is 1. The van der Waals surface area contributed by atoms with Crippen molar-refractivity contribution in [2.45, 2.75) is 39.2 Å². The van der Waals surface area contributed by atoms with E-state index in [4.69, 9.17) is 10.00 Å². The average Bonchev–Trinajstić information content (AvgIpc) is 2.46. The van der Waals surface area contributed by atoms with Crippen molar-refractivity contribution in [2.24, 2.45) is 5.92 Å². The highest BCUT2D eigenvalue weighted by Gasteiger charge is 2.29. The summed E-state index contributed by atoms with van der Waals surface area (Å²) in [6.45, 7) is 7.09. The molecule has 0 amide bonds. The zero-order valence-electron chi connectivity index (χ0n) is 12.7. The number of nitrogens with zero attached hydrogens (tertiary/aromatic N) is 4. The van der Waals surface area contributed by atoms with Gasteiger partial charge in [0.05, 0.1) is 5.92 Å². The SMILES string of the molecule is CC(C)(C)OC(=O)C1CCN(c2cc(C#N)ncn2)CC1. The van der Waals surface area contributed by atoms with Gasteiger partial charge in [0.1, 0.15) is 29.5 Å². The van der Waals surface area contributed by atoms with Gasteiger partial charge in [-0.25, -0.2) is 9.97 Å². The van der Waals surface area contributed by atoms with Crippen LogP contribution in [0.4, 0.5) is 5.82 Å². The molecule has 0 aliphatic carbocycles. The third-order valence-electron chi connectivity index (χ3n) is 3.33. The number of hydrogen-bond donors (Lipinski definition) is 0. The summed E-state index contributed by atoms with van der Waals surface area (Å²) < 4.78 is 5.43. The van der Waals surface area contributed by atoms with Crippen LogP contribution in [0.15, 0.2) is 12.4 Å². The number of hydrogen-bond acceptors (Lipinski definition) is 6. The molecule has 1 aromatic rings. The molecule has 1 aliphatic rings. The Morgan fingerprint density at radius 3 is 2.62 bits per heavy atom. The van der Waals surface area contributed by atoms with Crippen molar-refractivity contribution in [1.29, 1.82) is 5.26 Å². The van der Waals surface area contributed by atoms with Gasteiger partial charge in [0.15, 0.2) is 0 Å². The van der Waals surface area contributed by atoms with Crippen molar-refractivity contribution in [2.75, 3.05) is 18.0 Å². The van der Waals surface area contributed by atoms with Crippen molar-refractivity contribution >= 4 is 11.8 Å². The lowest BCUT2D eigenvalue weighted by Crippen LogP contribution is -2.39. The monoisotopic (exact) mass is 288 g/mol. The summed E-state index contributed by atoms with van der Waals surface area (Å²) in [6.07, 6.45) is 2.87. The Labute approximate surface area is 124 Å². The maximum absolute atomic E-state index is 12.0. The molecule has 0 spiro atoms. The Hall–Kier alpha value is -2.16. The van der Waals surface area contributed by atoms with Gasteiger partial charge in [-0.15, -0.1) is 0 Å². The summed E-state index contributed by atoms with van der Waals surface area (Å²) in [5.74, 6) is 0.560. The van der Waals surface area contributed by atoms with Crippen LogP contribution in [0, 0.1) is 17.2 Å². The summed E-state index contributed by atoms with van der Waals surface area (Å²) in [5, 5.41) is 8.86. The van der Waals surface area contributed by atoms with Gasteiger partial charge < -0.3 is 9.64 Å². The highest BCUT2D eigenvalue weighted by molar-refractivity contribution is 5.73. The standard InChI is InChI=1S/C15H20N4O2/c1-15(2,3)21-14(20)11-4-6-19(7-5-11)13-8-12(9-16)17-10-18-13/h8,10-11H,4-7H2,1-3H3. The zero-order chi connectivity index (χ0) is 15.5. The molecule has 0 N–H and O–H groups in total. The van der Waals surface area contributed by atoms with Crippen LogP contribution in [-0.4, -0.2) is 34.6 Å². The van der Waals surface area contributed by atoms with E-state index in [0.717, 1.165) is 31.7 Å². The summed E-state index contributed by atoms with van der Waals surface area (Å²) in [7, 11) is 0. The first-order chi connectivity index (χ1) is 9.89. The normalized spacial score (nSPS) is 16.4. The third-order valence-corrected chi connectivity index (χ3v) is 3.33. The van der Waals surface area contributed by atoms with Gasteiger partial charge in [0.25, 0.3) is 0 Å².